The van der Waals surface area contributed by atoms with Crippen molar-refractivity contribution in [3.05, 3.63) is 46.8 Å². The summed E-state index contributed by atoms with van der Waals surface area (Å²) in [6.45, 7) is 5.57. The Kier molecular flexibility index (Phi) is 4.22. The minimum atomic E-state index is 0.661. The van der Waals surface area contributed by atoms with Crippen LogP contribution in [0.5, 0.6) is 0 Å². The smallest absolute Gasteiger partial charge is 0.0827 e. The Balaban J connectivity index is 2.02. The van der Waals surface area contributed by atoms with Crippen molar-refractivity contribution in [1.82, 2.24) is 9.78 Å². The van der Waals surface area contributed by atoms with Gasteiger partial charge in [-0.15, -0.1) is 0 Å². The molecule has 0 aliphatic heterocycles. The summed E-state index contributed by atoms with van der Waals surface area (Å²) in [6.07, 6.45) is 0. The molecule has 2 rings (SSSR count). The van der Waals surface area contributed by atoms with E-state index in [2.05, 4.69) is 41.6 Å². The van der Waals surface area contributed by atoms with Gasteiger partial charge in [0.15, 0.2) is 0 Å². The molecule has 0 amide bonds. The highest BCUT2D eigenvalue weighted by atomic mass is 16.5. The lowest BCUT2D eigenvalue weighted by Crippen LogP contribution is -2.02. The molecule has 1 aromatic carbocycles. The maximum atomic E-state index is 5.10. The van der Waals surface area contributed by atoms with Gasteiger partial charge in [-0.25, -0.2) is 0 Å². The van der Waals surface area contributed by atoms with Gasteiger partial charge in [-0.1, -0.05) is 24.3 Å². The number of anilines is 1. The van der Waals surface area contributed by atoms with Crippen molar-refractivity contribution in [3.63, 3.8) is 0 Å². The standard InChI is InChI=1S/C15H21N3O/c1-11-15(12(2)18(3)17-11)16-9-13-5-7-14(8-6-13)10-19-4/h5-8,16H,9-10H2,1-4H3. The van der Waals surface area contributed by atoms with E-state index in [0.29, 0.717) is 6.61 Å². The largest absolute Gasteiger partial charge is 0.380 e. The van der Waals surface area contributed by atoms with Crippen LogP contribution >= 0.6 is 0 Å². The predicted octanol–water partition coefficient (Wildman–Crippen LogP) is 2.80. The quantitative estimate of drug-likeness (QED) is 0.897. The molecule has 0 bridgehead atoms. The van der Waals surface area contributed by atoms with Gasteiger partial charge in [0.2, 0.25) is 0 Å². The summed E-state index contributed by atoms with van der Waals surface area (Å²) in [5.41, 5.74) is 5.77. The number of hydrogen-bond acceptors (Lipinski definition) is 3. The Hall–Kier alpha value is -1.81. The van der Waals surface area contributed by atoms with E-state index in [1.54, 1.807) is 7.11 Å². The van der Waals surface area contributed by atoms with Crippen LogP contribution in [-0.4, -0.2) is 16.9 Å². The third-order valence-electron chi connectivity index (χ3n) is 3.31. The zero-order chi connectivity index (χ0) is 13.8. The summed E-state index contributed by atoms with van der Waals surface area (Å²) in [7, 11) is 3.68. The van der Waals surface area contributed by atoms with Gasteiger partial charge in [0.05, 0.1) is 23.7 Å². The van der Waals surface area contributed by atoms with Gasteiger partial charge in [-0.2, -0.15) is 5.10 Å². The van der Waals surface area contributed by atoms with Crippen LogP contribution in [0.25, 0.3) is 0 Å². The molecule has 0 unspecified atom stereocenters. The highest BCUT2D eigenvalue weighted by Gasteiger charge is 2.08. The second kappa shape index (κ2) is 5.89. The van der Waals surface area contributed by atoms with Crippen molar-refractivity contribution in [3.8, 4) is 0 Å². The first-order valence-electron chi connectivity index (χ1n) is 6.42. The zero-order valence-electron chi connectivity index (χ0n) is 12.0. The van der Waals surface area contributed by atoms with E-state index in [9.17, 15) is 0 Å². The van der Waals surface area contributed by atoms with Crippen molar-refractivity contribution in [2.75, 3.05) is 12.4 Å². The minimum Gasteiger partial charge on any atom is -0.380 e. The predicted molar refractivity (Wildman–Crippen MR) is 77.2 cm³/mol. The van der Waals surface area contributed by atoms with Gasteiger partial charge in [0.1, 0.15) is 0 Å². The lowest BCUT2D eigenvalue weighted by atomic mass is 10.1. The first kappa shape index (κ1) is 13.6. The lowest BCUT2D eigenvalue weighted by molar-refractivity contribution is 0.185. The number of aromatic nitrogens is 2. The number of benzene rings is 1. The van der Waals surface area contributed by atoms with Crippen LogP contribution < -0.4 is 5.32 Å². The van der Waals surface area contributed by atoms with Gasteiger partial charge < -0.3 is 10.1 Å². The van der Waals surface area contributed by atoms with Crippen molar-refractivity contribution in [2.24, 2.45) is 7.05 Å². The average molecular weight is 259 g/mol. The maximum absolute atomic E-state index is 5.10. The minimum absolute atomic E-state index is 0.661. The van der Waals surface area contributed by atoms with E-state index in [4.69, 9.17) is 4.74 Å². The monoisotopic (exact) mass is 259 g/mol. The molecule has 4 heteroatoms. The molecule has 1 N–H and O–H groups in total. The summed E-state index contributed by atoms with van der Waals surface area (Å²) in [4.78, 5) is 0. The molecule has 0 spiro atoms. The number of rotatable bonds is 5. The molecule has 0 saturated heterocycles. The number of ether oxygens (including phenoxy) is 1. The SMILES string of the molecule is COCc1ccc(CNc2c(C)nn(C)c2C)cc1. The normalized spacial score (nSPS) is 10.7. The topological polar surface area (TPSA) is 39.1 Å². The molecule has 19 heavy (non-hydrogen) atoms. The average Bonchev–Trinajstić information content (AvgIpc) is 2.64. The van der Waals surface area contributed by atoms with Crippen molar-refractivity contribution in [2.45, 2.75) is 27.0 Å². The molecule has 0 fully saturated rings. The molecule has 4 nitrogen and oxygen atoms in total. The van der Waals surface area contributed by atoms with Crippen LogP contribution in [-0.2, 0) is 24.9 Å². The Labute approximate surface area is 114 Å². The van der Waals surface area contributed by atoms with Gasteiger partial charge in [-0.3, -0.25) is 4.68 Å². The van der Waals surface area contributed by atoms with Crippen LogP contribution in [0, 0.1) is 13.8 Å². The number of nitrogens with one attached hydrogen (secondary N) is 1. The third-order valence-corrected chi connectivity index (χ3v) is 3.31. The van der Waals surface area contributed by atoms with Gasteiger partial charge in [0.25, 0.3) is 0 Å². The van der Waals surface area contributed by atoms with E-state index >= 15 is 0 Å². The second-order valence-corrected chi connectivity index (χ2v) is 4.77. The molecule has 1 heterocycles. The number of aryl methyl sites for hydroxylation is 2. The Morgan fingerprint density at radius 2 is 1.79 bits per heavy atom. The maximum Gasteiger partial charge on any atom is 0.0827 e. The van der Waals surface area contributed by atoms with Gasteiger partial charge in [-0.05, 0) is 25.0 Å². The number of methoxy groups -OCH3 is 1. The van der Waals surface area contributed by atoms with Crippen molar-refractivity contribution < 1.29 is 4.74 Å². The van der Waals surface area contributed by atoms with E-state index < -0.39 is 0 Å². The molecule has 1 aromatic heterocycles. The molecule has 0 aliphatic carbocycles. The summed E-state index contributed by atoms with van der Waals surface area (Å²) in [6, 6.07) is 8.46. The Morgan fingerprint density at radius 1 is 1.16 bits per heavy atom. The summed E-state index contributed by atoms with van der Waals surface area (Å²) >= 11 is 0. The van der Waals surface area contributed by atoms with Crippen LogP contribution in [0.2, 0.25) is 0 Å². The molecule has 102 valence electrons. The van der Waals surface area contributed by atoms with Crippen molar-refractivity contribution in [1.29, 1.82) is 0 Å². The fraction of sp³-hybridized carbons (Fsp3) is 0.400. The molecule has 2 aromatic rings. The van der Waals surface area contributed by atoms with Gasteiger partial charge >= 0.3 is 0 Å². The summed E-state index contributed by atoms with van der Waals surface area (Å²) < 4.78 is 7.01. The van der Waals surface area contributed by atoms with E-state index in [1.165, 1.54) is 11.1 Å². The number of nitrogens with zero attached hydrogens (tertiary/aromatic N) is 2. The molecule has 0 radical (unpaired) electrons. The fourth-order valence-electron chi connectivity index (χ4n) is 2.14. The first-order valence-corrected chi connectivity index (χ1v) is 6.42. The first-order chi connectivity index (χ1) is 9.11. The second-order valence-electron chi connectivity index (χ2n) is 4.77. The third kappa shape index (κ3) is 3.15. The highest BCUT2D eigenvalue weighted by Crippen LogP contribution is 2.19. The zero-order valence-corrected chi connectivity index (χ0v) is 12.0. The molecular weight excluding hydrogens is 238 g/mol. The molecular formula is C15H21N3O. The van der Waals surface area contributed by atoms with Gasteiger partial charge in [0, 0.05) is 20.7 Å². The van der Waals surface area contributed by atoms with Crippen LogP contribution in [0.1, 0.15) is 22.5 Å². The van der Waals surface area contributed by atoms with Crippen LogP contribution in [0.4, 0.5) is 5.69 Å². The Morgan fingerprint density at radius 3 is 2.32 bits per heavy atom. The number of hydrogen-bond donors (Lipinski definition) is 1. The molecule has 0 aliphatic rings. The highest BCUT2D eigenvalue weighted by molar-refractivity contribution is 5.52. The molecule has 0 saturated carbocycles. The summed E-state index contributed by atoms with van der Waals surface area (Å²) in [5.74, 6) is 0. The van der Waals surface area contributed by atoms with E-state index in [1.807, 2.05) is 18.7 Å². The van der Waals surface area contributed by atoms with E-state index in [0.717, 1.165) is 23.6 Å². The fourth-order valence-corrected chi connectivity index (χ4v) is 2.14. The van der Waals surface area contributed by atoms with E-state index in [-0.39, 0.29) is 0 Å². The van der Waals surface area contributed by atoms with Crippen LogP contribution in [0.15, 0.2) is 24.3 Å². The summed E-state index contributed by atoms with van der Waals surface area (Å²) in [5, 5.41) is 7.85. The Bertz CT molecular complexity index is 543. The van der Waals surface area contributed by atoms with Crippen LogP contribution in [0.3, 0.4) is 0 Å². The van der Waals surface area contributed by atoms with Crippen molar-refractivity contribution >= 4 is 5.69 Å². The lowest BCUT2D eigenvalue weighted by Gasteiger charge is -2.08. The molecule has 0 atom stereocenters.